The maximum absolute atomic E-state index is 12.8. The highest BCUT2D eigenvalue weighted by atomic mass is 16.5. The fourth-order valence-corrected chi connectivity index (χ4v) is 3.93. The lowest BCUT2D eigenvalue weighted by Crippen LogP contribution is -2.41. The summed E-state index contributed by atoms with van der Waals surface area (Å²) in [6, 6.07) is 19.4. The zero-order valence-electron chi connectivity index (χ0n) is 16.0. The van der Waals surface area contributed by atoms with Crippen LogP contribution in [0, 0.1) is 0 Å². The van der Waals surface area contributed by atoms with E-state index in [1.54, 1.807) is 6.92 Å². The molecular weight excluding hydrogens is 338 g/mol. The minimum Gasteiger partial charge on any atom is -0.431 e. The summed E-state index contributed by atoms with van der Waals surface area (Å²) in [5.74, 6) is 0.363. The maximum atomic E-state index is 12.8. The molecule has 0 N–H and O–H groups in total. The molecule has 0 fully saturated rings. The zero-order valence-corrected chi connectivity index (χ0v) is 16.0. The standard InChI is InChI=1S/C23H25NO3/c1-4-20-22(27-17(3)26)15-21(18-11-7-5-8-12-18)24(16(2)25)23(20)19-13-9-6-10-14-19/h5-14,21,23H,4,15H2,1-3H3/t21-,23+/m0/s1. The van der Waals surface area contributed by atoms with E-state index in [1.807, 2.05) is 72.5 Å². The van der Waals surface area contributed by atoms with Crippen LogP contribution < -0.4 is 0 Å². The van der Waals surface area contributed by atoms with Crippen LogP contribution in [0.1, 0.15) is 56.8 Å². The molecule has 1 heterocycles. The van der Waals surface area contributed by atoms with Gasteiger partial charge in [0.1, 0.15) is 5.76 Å². The molecule has 1 aliphatic heterocycles. The maximum Gasteiger partial charge on any atom is 0.307 e. The summed E-state index contributed by atoms with van der Waals surface area (Å²) in [4.78, 5) is 26.4. The lowest BCUT2D eigenvalue weighted by molar-refractivity contribution is -0.139. The number of rotatable bonds is 4. The fourth-order valence-electron chi connectivity index (χ4n) is 3.93. The number of carbonyl (C=O) groups is 2. The number of amides is 1. The van der Waals surface area contributed by atoms with Crippen molar-refractivity contribution in [2.45, 2.75) is 45.7 Å². The molecule has 3 rings (SSSR count). The highest BCUT2D eigenvalue weighted by Gasteiger charge is 2.39. The van der Waals surface area contributed by atoms with Crippen LogP contribution in [0.25, 0.3) is 0 Å². The van der Waals surface area contributed by atoms with Gasteiger partial charge in [0.25, 0.3) is 0 Å². The molecule has 4 heteroatoms. The van der Waals surface area contributed by atoms with E-state index in [0.29, 0.717) is 18.6 Å². The van der Waals surface area contributed by atoms with Gasteiger partial charge in [0.2, 0.25) is 5.91 Å². The molecule has 1 aliphatic rings. The van der Waals surface area contributed by atoms with Crippen LogP contribution in [0.5, 0.6) is 0 Å². The van der Waals surface area contributed by atoms with Gasteiger partial charge in [0.15, 0.2) is 0 Å². The quantitative estimate of drug-likeness (QED) is 0.722. The first-order chi connectivity index (χ1) is 13.0. The summed E-state index contributed by atoms with van der Waals surface area (Å²) < 4.78 is 5.63. The molecule has 0 saturated heterocycles. The van der Waals surface area contributed by atoms with Crippen molar-refractivity contribution in [2.24, 2.45) is 0 Å². The van der Waals surface area contributed by atoms with Gasteiger partial charge in [0, 0.05) is 20.3 Å². The molecule has 0 saturated carbocycles. The third-order valence-corrected chi connectivity index (χ3v) is 4.99. The normalized spacial score (nSPS) is 19.7. The van der Waals surface area contributed by atoms with E-state index in [-0.39, 0.29) is 24.0 Å². The van der Waals surface area contributed by atoms with Crippen LogP contribution in [0.4, 0.5) is 0 Å². The van der Waals surface area contributed by atoms with E-state index in [2.05, 4.69) is 0 Å². The number of benzene rings is 2. The van der Waals surface area contributed by atoms with Crippen molar-refractivity contribution < 1.29 is 14.3 Å². The number of hydrogen-bond donors (Lipinski definition) is 0. The Hall–Kier alpha value is -2.88. The molecule has 0 spiro atoms. The summed E-state index contributed by atoms with van der Waals surface area (Å²) in [6.45, 7) is 5.07. The lowest BCUT2D eigenvalue weighted by Gasteiger charge is -2.44. The highest BCUT2D eigenvalue weighted by Crippen LogP contribution is 2.46. The minimum atomic E-state index is -0.328. The van der Waals surface area contributed by atoms with Crippen molar-refractivity contribution in [3.8, 4) is 0 Å². The topological polar surface area (TPSA) is 46.6 Å². The first-order valence-corrected chi connectivity index (χ1v) is 9.32. The number of nitrogens with zero attached hydrogens (tertiary/aromatic N) is 1. The molecule has 0 radical (unpaired) electrons. The Morgan fingerprint density at radius 2 is 1.52 bits per heavy atom. The van der Waals surface area contributed by atoms with E-state index in [9.17, 15) is 9.59 Å². The van der Waals surface area contributed by atoms with Crippen LogP contribution in [-0.2, 0) is 14.3 Å². The first kappa shape index (κ1) is 18.9. The summed E-state index contributed by atoms with van der Waals surface area (Å²) in [5.41, 5.74) is 3.04. The second-order valence-electron chi connectivity index (χ2n) is 6.77. The Morgan fingerprint density at radius 3 is 2.00 bits per heavy atom. The van der Waals surface area contributed by atoms with Gasteiger partial charge in [-0.1, -0.05) is 67.6 Å². The predicted octanol–water partition coefficient (Wildman–Crippen LogP) is 4.95. The number of esters is 1. The van der Waals surface area contributed by atoms with E-state index in [4.69, 9.17) is 4.74 Å². The largest absolute Gasteiger partial charge is 0.431 e. The van der Waals surface area contributed by atoms with Gasteiger partial charge in [-0.3, -0.25) is 9.59 Å². The summed E-state index contributed by atoms with van der Waals surface area (Å²) in [6.07, 6.45) is 1.20. The first-order valence-electron chi connectivity index (χ1n) is 9.32. The average Bonchev–Trinajstić information content (AvgIpc) is 2.67. The van der Waals surface area contributed by atoms with Gasteiger partial charge in [-0.25, -0.2) is 0 Å². The molecule has 140 valence electrons. The van der Waals surface area contributed by atoms with Crippen LogP contribution in [0.3, 0.4) is 0 Å². The smallest absolute Gasteiger partial charge is 0.307 e. The lowest BCUT2D eigenvalue weighted by atomic mass is 9.84. The van der Waals surface area contributed by atoms with E-state index < -0.39 is 0 Å². The second-order valence-corrected chi connectivity index (χ2v) is 6.77. The Bertz CT molecular complexity index is 842. The van der Waals surface area contributed by atoms with Gasteiger partial charge in [-0.05, 0) is 23.1 Å². The third-order valence-electron chi connectivity index (χ3n) is 4.99. The summed E-state index contributed by atoms with van der Waals surface area (Å²) in [7, 11) is 0. The molecule has 2 atom stereocenters. The van der Waals surface area contributed by atoms with Crippen molar-refractivity contribution >= 4 is 11.9 Å². The molecule has 2 aromatic carbocycles. The van der Waals surface area contributed by atoms with Crippen LogP contribution in [0.2, 0.25) is 0 Å². The molecule has 0 bridgehead atoms. The summed E-state index contributed by atoms with van der Waals surface area (Å²) >= 11 is 0. The molecular formula is C23H25NO3. The summed E-state index contributed by atoms with van der Waals surface area (Å²) in [5, 5.41) is 0. The number of hydrogen-bond acceptors (Lipinski definition) is 3. The Balaban J connectivity index is 2.20. The van der Waals surface area contributed by atoms with E-state index in [0.717, 1.165) is 16.7 Å². The molecule has 1 amide bonds. The number of carbonyl (C=O) groups excluding carboxylic acids is 2. The Kier molecular flexibility index (Phi) is 5.75. The monoisotopic (exact) mass is 363 g/mol. The number of ether oxygens (including phenoxy) is 1. The van der Waals surface area contributed by atoms with Gasteiger partial charge in [-0.2, -0.15) is 0 Å². The van der Waals surface area contributed by atoms with Crippen LogP contribution >= 0.6 is 0 Å². The van der Waals surface area contributed by atoms with Gasteiger partial charge < -0.3 is 9.64 Å². The van der Waals surface area contributed by atoms with Gasteiger partial charge in [-0.15, -0.1) is 0 Å². The van der Waals surface area contributed by atoms with Gasteiger partial charge in [0.05, 0.1) is 12.1 Å². The third kappa shape index (κ3) is 3.95. The van der Waals surface area contributed by atoms with Gasteiger partial charge >= 0.3 is 5.97 Å². The second kappa shape index (κ2) is 8.21. The van der Waals surface area contributed by atoms with Crippen molar-refractivity contribution in [1.82, 2.24) is 4.90 Å². The Morgan fingerprint density at radius 1 is 0.963 bits per heavy atom. The molecule has 27 heavy (non-hydrogen) atoms. The van der Waals surface area contributed by atoms with Crippen LogP contribution in [-0.4, -0.2) is 16.8 Å². The molecule has 0 aliphatic carbocycles. The Labute approximate surface area is 160 Å². The molecule has 2 aromatic rings. The van der Waals surface area contributed by atoms with Crippen molar-refractivity contribution in [3.63, 3.8) is 0 Å². The van der Waals surface area contributed by atoms with E-state index >= 15 is 0 Å². The van der Waals surface area contributed by atoms with Crippen LogP contribution in [0.15, 0.2) is 72.0 Å². The fraction of sp³-hybridized carbons (Fsp3) is 0.304. The predicted molar refractivity (Wildman–Crippen MR) is 105 cm³/mol. The zero-order chi connectivity index (χ0) is 19.4. The van der Waals surface area contributed by atoms with Crippen molar-refractivity contribution in [2.75, 3.05) is 0 Å². The highest BCUT2D eigenvalue weighted by molar-refractivity contribution is 5.76. The molecule has 0 aromatic heterocycles. The molecule has 4 nitrogen and oxygen atoms in total. The SMILES string of the molecule is CCC1=C(OC(C)=O)C[C@@H](c2ccccc2)N(C(C)=O)[C@@H]1c1ccccc1. The van der Waals surface area contributed by atoms with Crippen molar-refractivity contribution in [1.29, 1.82) is 0 Å². The minimum absolute atomic E-state index is 0.00512. The molecule has 0 unspecified atom stereocenters. The average molecular weight is 363 g/mol. The van der Waals surface area contributed by atoms with Crippen molar-refractivity contribution in [3.05, 3.63) is 83.1 Å². The van der Waals surface area contributed by atoms with E-state index in [1.165, 1.54) is 6.92 Å².